The lowest BCUT2D eigenvalue weighted by molar-refractivity contribution is 0.585. The average Bonchev–Trinajstić information content (AvgIpc) is 2.60. The number of imidazole rings is 1. The Bertz CT molecular complexity index is 653. The molecule has 0 spiro atoms. The smallest absolute Gasteiger partial charge is 0.309 e. The van der Waals surface area contributed by atoms with Crippen molar-refractivity contribution in [2.75, 3.05) is 0 Å². The highest BCUT2D eigenvalue weighted by Crippen LogP contribution is 2.10. The van der Waals surface area contributed by atoms with Crippen molar-refractivity contribution in [3.63, 3.8) is 0 Å². The zero-order valence-electron chi connectivity index (χ0n) is 8.54. The molecule has 2 rings (SSSR count). The highest BCUT2D eigenvalue weighted by Gasteiger charge is 2.18. The number of hydrogen-bond donors (Lipinski definition) is 1. The number of nitrogens with zero attached hydrogens (tertiary/aromatic N) is 1. The lowest BCUT2D eigenvalue weighted by atomic mass is 10.4. The Kier molecular flexibility index (Phi) is 2.43. The summed E-state index contributed by atoms with van der Waals surface area (Å²) in [4.78, 5) is 13.9. The molecular formula is C10H10N2O3S. The molecule has 0 saturated carbocycles. The lowest BCUT2D eigenvalue weighted by Gasteiger charge is -2.02. The van der Waals surface area contributed by atoms with Crippen LogP contribution in [-0.4, -0.2) is 17.4 Å². The van der Waals surface area contributed by atoms with Crippen molar-refractivity contribution < 1.29 is 8.42 Å². The average molecular weight is 238 g/mol. The number of rotatable bonds is 2. The maximum atomic E-state index is 12.0. The van der Waals surface area contributed by atoms with E-state index in [9.17, 15) is 13.2 Å². The molecule has 0 fully saturated rings. The van der Waals surface area contributed by atoms with E-state index < -0.39 is 15.7 Å². The zero-order chi connectivity index (χ0) is 11.8. The van der Waals surface area contributed by atoms with E-state index in [1.54, 1.807) is 25.1 Å². The summed E-state index contributed by atoms with van der Waals surface area (Å²) in [6, 6.07) is 7.83. The molecule has 0 bridgehead atoms. The van der Waals surface area contributed by atoms with Crippen LogP contribution >= 0.6 is 0 Å². The van der Waals surface area contributed by atoms with Crippen LogP contribution in [-0.2, 0) is 10.0 Å². The summed E-state index contributed by atoms with van der Waals surface area (Å²) in [7, 11) is -3.78. The van der Waals surface area contributed by atoms with Gasteiger partial charge in [0.1, 0.15) is 0 Å². The minimum Gasteiger partial charge on any atom is -0.309 e. The van der Waals surface area contributed by atoms with Gasteiger partial charge in [-0.05, 0) is 19.1 Å². The van der Waals surface area contributed by atoms with E-state index in [2.05, 4.69) is 4.98 Å². The van der Waals surface area contributed by atoms with Gasteiger partial charge in [0.25, 0.3) is 10.0 Å². The molecule has 1 aromatic heterocycles. The van der Waals surface area contributed by atoms with E-state index >= 15 is 0 Å². The fraction of sp³-hybridized carbons (Fsp3) is 0.100. The summed E-state index contributed by atoms with van der Waals surface area (Å²) in [6.07, 6.45) is 1.27. The Morgan fingerprint density at radius 3 is 2.31 bits per heavy atom. The number of H-pyrrole nitrogens is 1. The molecule has 1 N–H and O–H groups in total. The molecule has 0 aliphatic carbocycles. The predicted octanol–water partition coefficient (Wildman–Crippen LogP) is 0.722. The fourth-order valence-electron chi connectivity index (χ4n) is 1.38. The molecule has 0 atom stereocenters. The topological polar surface area (TPSA) is 71.9 Å². The largest absolute Gasteiger partial charge is 0.339 e. The van der Waals surface area contributed by atoms with Gasteiger partial charge in [0, 0.05) is 11.9 Å². The number of nitrogens with one attached hydrogen (secondary N) is 1. The van der Waals surface area contributed by atoms with Crippen LogP contribution in [0.5, 0.6) is 0 Å². The zero-order valence-corrected chi connectivity index (χ0v) is 9.36. The number of benzene rings is 1. The first-order chi connectivity index (χ1) is 7.51. The SMILES string of the molecule is Cc1cn(S(=O)(=O)c2ccccc2)c(=O)[nH]1. The quantitative estimate of drug-likeness (QED) is 0.838. The second-order valence-corrected chi connectivity index (χ2v) is 5.17. The van der Waals surface area contributed by atoms with Crippen LogP contribution in [0.15, 0.2) is 46.2 Å². The molecule has 6 heteroatoms. The highest BCUT2D eigenvalue weighted by molar-refractivity contribution is 7.90. The van der Waals surface area contributed by atoms with E-state index in [1.165, 1.54) is 18.3 Å². The summed E-state index contributed by atoms with van der Waals surface area (Å²) >= 11 is 0. The molecule has 0 radical (unpaired) electrons. The molecule has 84 valence electrons. The minimum atomic E-state index is -3.78. The summed E-state index contributed by atoms with van der Waals surface area (Å²) in [5.74, 6) is 0. The fourth-order valence-corrected chi connectivity index (χ4v) is 2.66. The van der Waals surface area contributed by atoms with Gasteiger partial charge in [0.15, 0.2) is 0 Å². The van der Waals surface area contributed by atoms with Crippen LogP contribution in [0, 0.1) is 6.92 Å². The summed E-state index contributed by atoms with van der Waals surface area (Å²) in [6.45, 7) is 1.62. The Balaban J connectivity index is 2.65. The van der Waals surface area contributed by atoms with E-state index in [-0.39, 0.29) is 4.90 Å². The van der Waals surface area contributed by atoms with Gasteiger partial charge in [-0.3, -0.25) is 0 Å². The van der Waals surface area contributed by atoms with Crippen molar-refractivity contribution in [1.29, 1.82) is 0 Å². The Labute approximate surface area is 92.4 Å². The molecule has 5 nitrogen and oxygen atoms in total. The highest BCUT2D eigenvalue weighted by atomic mass is 32.2. The molecule has 0 saturated heterocycles. The summed E-state index contributed by atoms with van der Waals surface area (Å²) in [5, 5.41) is 0. The minimum absolute atomic E-state index is 0.0936. The van der Waals surface area contributed by atoms with Crippen molar-refractivity contribution in [3.05, 3.63) is 52.7 Å². The van der Waals surface area contributed by atoms with Gasteiger partial charge in [0.2, 0.25) is 0 Å². The van der Waals surface area contributed by atoms with Gasteiger partial charge in [-0.2, -0.15) is 3.97 Å². The van der Waals surface area contributed by atoms with Crippen molar-refractivity contribution >= 4 is 10.0 Å². The normalized spacial score (nSPS) is 11.6. The van der Waals surface area contributed by atoms with Crippen LogP contribution in [0.4, 0.5) is 0 Å². The van der Waals surface area contributed by atoms with Crippen molar-refractivity contribution in [3.8, 4) is 0 Å². The second kappa shape index (κ2) is 3.64. The first-order valence-corrected chi connectivity index (χ1v) is 6.05. The Hall–Kier alpha value is -1.82. The third kappa shape index (κ3) is 1.67. The van der Waals surface area contributed by atoms with E-state index in [0.717, 1.165) is 0 Å². The van der Waals surface area contributed by atoms with E-state index in [1.807, 2.05) is 0 Å². The molecule has 0 aliphatic heterocycles. The molecule has 1 heterocycles. The third-order valence-electron chi connectivity index (χ3n) is 2.12. The number of aromatic amines is 1. The molecule has 1 aromatic carbocycles. The van der Waals surface area contributed by atoms with Gasteiger partial charge in [-0.15, -0.1) is 0 Å². The van der Waals surface area contributed by atoms with Crippen molar-refractivity contribution in [2.24, 2.45) is 0 Å². The van der Waals surface area contributed by atoms with Crippen molar-refractivity contribution in [2.45, 2.75) is 11.8 Å². The van der Waals surface area contributed by atoms with Gasteiger partial charge in [-0.1, -0.05) is 18.2 Å². The summed E-state index contributed by atoms with van der Waals surface area (Å²) in [5.41, 5.74) is -0.147. The van der Waals surface area contributed by atoms with Gasteiger partial charge < -0.3 is 4.98 Å². The second-order valence-electron chi connectivity index (χ2n) is 3.36. The van der Waals surface area contributed by atoms with Crippen LogP contribution in [0.2, 0.25) is 0 Å². The number of aryl methyl sites for hydroxylation is 1. The first-order valence-electron chi connectivity index (χ1n) is 4.61. The van der Waals surface area contributed by atoms with E-state index in [4.69, 9.17) is 0 Å². The van der Waals surface area contributed by atoms with Gasteiger partial charge >= 0.3 is 5.69 Å². The van der Waals surface area contributed by atoms with Crippen molar-refractivity contribution in [1.82, 2.24) is 8.96 Å². The lowest BCUT2D eigenvalue weighted by Crippen LogP contribution is -2.24. The van der Waals surface area contributed by atoms with Gasteiger partial charge in [-0.25, -0.2) is 13.2 Å². The standard InChI is InChI=1S/C10H10N2O3S/c1-8-7-12(10(13)11-8)16(14,15)9-5-3-2-4-6-9/h2-7H,1H3,(H,11,13). The Morgan fingerprint density at radius 2 is 1.81 bits per heavy atom. The third-order valence-corrected chi connectivity index (χ3v) is 3.77. The molecule has 0 unspecified atom stereocenters. The molecule has 16 heavy (non-hydrogen) atoms. The van der Waals surface area contributed by atoms with Crippen LogP contribution in [0.1, 0.15) is 5.69 Å². The van der Waals surface area contributed by atoms with Crippen LogP contribution in [0.3, 0.4) is 0 Å². The molecule has 0 amide bonds. The maximum absolute atomic E-state index is 12.0. The monoisotopic (exact) mass is 238 g/mol. The number of aromatic nitrogens is 2. The van der Waals surface area contributed by atoms with Crippen LogP contribution in [0.25, 0.3) is 0 Å². The van der Waals surface area contributed by atoms with E-state index in [0.29, 0.717) is 9.67 Å². The molecular weight excluding hydrogens is 228 g/mol. The first kappa shape index (κ1) is 10.7. The molecule has 0 aliphatic rings. The summed E-state index contributed by atoms with van der Waals surface area (Å²) < 4.78 is 24.7. The van der Waals surface area contributed by atoms with Gasteiger partial charge in [0.05, 0.1) is 4.90 Å². The maximum Gasteiger partial charge on any atom is 0.339 e. The molecule has 2 aromatic rings. The number of hydrogen-bond acceptors (Lipinski definition) is 3. The predicted molar refractivity (Wildman–Crippen MR) is 58.8 cm³/mol. The van der Waals surface area contributed by atoms with Crippen LogP contribution < -0.4 is 5.69 Å². The Morgan fingerprint density at radius 1 is 1.19 bits per heavy atom.